The van der Waals surface area contributed by atoms with Crippen LogP contribution in [0.5, 0.6) is 11.5 Å². The summed E-state index contributed by atoms with van der Waals surface area (Å²) in [5.74, 6) is 2.53. The lowest BCUT2D eigenvalue weighted by Gasteiger charge is -2.31. The number of aromatic nitrogens is 1. The zero-order valence-corrected chi connectivity index (χ0v) is 13.9. The Morgan fingerprint density at radius 2 is 1.81 bits per heavy atom. The molecule has 0 atom stereocenters. The zero-order valence-electron chi connectivity index (χ0n) is 12.3. The number of halogens is 1. The Labute approximate surface area is 133 Å². The molecule has 0 saturated carbocycles. The summed E-state index contributed by atoms with van der Waals surface area (Å²) in [6.45, 7) is 2.05. The van der Waals surface area contributed by atoms with E-state index in [9.17, 15) is 0 Å². The van der Waals surface area contributed by atoms with Crippen molar-refractivity contribution in [1.82, 2.24) is 4.98 Å². The highest BCUT2D eigenvalue weighted by Gasteiger charge is 2.20. The van der Waals surface area contributed by atoms with Crippen molar-refractivity contribution in [3.63, 3.8) is 0 Å². The largest absolute Gasteiger partial charge is 0.493 e. The van der Waals surface area contributed by atoms with Crippen molar-refractivity contribution in [2.75, 3.05) is 32.2 Å². The van der Waals surface area contributed by atoms with E-state index in [-0.39, 0.29) is 0 Å². The standard InChI is InChI=1S/C16H19BrN2O2/c1-20-14-9-11-3-6-18-16(13(11)10-15(14)21-2)19-7-4-12(17)5-8-19/h3,6,9-10,12H,4-5,7-8H2,1-2H3. The van der Waals surface area contributed by atoms with Crippen LogP contribution in [0.1, 0.15) is 12.8 Å². The van der Waals surface area contributed by atoms with Gasteiger partial charge in [-0.2, -0.15) is 0 Å². The molecule has 0 aliphatic carbocycles. The monoisotopic (exact) mass is 350 g/mol. The maximum Gasteiger partial charge on any atom is 0.161 e. The van der Waals surface area contributed by atoms with Gasteiger partial charge >= 0.3 is 0 Å². The molecular weight excluding hydrogens is 332 g/mol. The molecule has 1 aromatic carbocycles. The molecule has 0 amide bonds. The first-order valence-electron chi connectivity index (χ1n) is 7.12. The summed E-state index contributed by atoms with van der Waals surface area (Å²) in [6, 6.07) is 6.05. The molecule has 0 unspecified atom stereocenters. The topological polar surface area (TPSA) is 34.6 Å². The molecule has 5 heteroatoms. The van der Waals surface area contributed by atoms with Crippen molar-refractivity contribution in [3.8, 4) is 11.5 Å². The van der Waals surface area contributed by atoms with Gasteiger partial charge < -0.3 is 14.4 Å². The second-order valence-corrected chi connectivity index (χ2v) is 6.52. The lowest BCUT2D eigenvalue weighted by Crippen LogP contribution is -2.34. The summed E-state index contributed by atoms with van der Waals surface area (Å²) >= 11 is 3.70. The number of anilines is 1. The van der Waals surface area contributed by atoms with Crippen LogP contribution in [0.4, 0.5) is 5.82 Å². The van der Waals surface area contributed by atoms with Crippen molar-refractivity contribution in [2.45, 2.75) is 17.7 Å². The van der Waals surface area contributed by atoms with Crippen LogP contribution < -0.4 is 14.4 Å². The Morgan fingerprint density at radius 1 is 1.14 bits per heavy atom. The maximum absolute atomic E-state index is 5.42. The SMILES string of the molecule is COc1cc2ccnc(N3CCC(Br)CC3)c2cc1OC. The van der Waals surface area contributed by atoms with Crippen LogP contribution >= 0.6 is 15.9 Å². The Bertz CT molecular complexity index is 639. The number of hydrogen-bond donors (Lipinski definition) is 0. The average molecular weight is 351 g/mol. The number of pyridine rings is 1. The molecule has 4 nitrogen and oxygen atoms in total. The van der Waals surface area contributed by atoms with E-state index in [0.717, 1.165) is 54.0 Å². The van der Waals surface area contributed by atoms with Gasteiger partial charge in [0.1, 0.15) is 5.82 Å². The number of fused-ring (bicyclic) bond motifs is 1. The van der Waals surface area contributed by atoms with Crippen molar-refractivity contribution < 1.29 is 9.47 Å². The molecule has 1 aliphatic rings. The number of alkyl halides is 1. The summed E-state index contributed by atoms with van der Waals surface area (Å²) in [4.78, 5) is 7.58. The number of ether oxygens (including phenoxy) is 2. The Hall–Kier alpha value is -1.49. The fourth-order valence-electron chi connectivity index (χ4n) is 2.80. The minimum atomic E-state index is 0.623. The van der Waals surface area contributed by atoms with Gasteiger partial charge in [-0.15, -0.1) is 0 Å². The number of rotatable bonds is 3. The summed E-state index contributed by atoms with van der Waals surface area (Å²) < 4.78 is 10.8. The number of piperidine rings is 1. The molecule has 2 aromatic rings. The zero-order chi connectivity index (χ0) is 14.8. The second-order valence-electron chi connectivity index (χ2n) is 5.22. The van der Waals surface area contributed by atoms with Crippen molar-refractivity contribution >= 4 is 32.5 Å². The predicted molar refractivity (Wildman–Crippen MR) is 89.0 cm³/mol. The predicted octanol–water partition coefficient (Wildman–Crippen LogP) is 3.62. The molecule has 1 fully saturated rings. The van der Waals surface area contributed by atoms with Crippen molar-refractivity contribution in [3.05, 3.63) is 24.4 Å². The van der Waals surface area contributed by atoms with E-state index in [1.807, 2.05) is 24.4 Å². The maximum atomic E-state index is 5.42. The summed E-state index contributed by atoms with van der Waals surface area (Å²) in [5, 5.41) is 2.24. The second kappa shape index (κ2) is 6.10. The first-order valence-corrected chi connectivity index (χ1v) is 8.04. The first-order chi connectivity index (χ1) is 10.2. The normalized spacial score (nSPS) is 16.2. The smallest absolute Gasteiger partial charge is 0.161 e. The molecule has 0 radical (unpaired) electrons. The number of benzene rings is 1. The van der Waals surface area contributed by atoms with E-state index in [4.69, 9.17) is 9.47 Å². The molecule has 0 N–H and O–H groups in total. The molecular formula is C16H19BrN2O2. The van der Waals surface area contributed by atoms with Crippen molar-refractivity contribution in [1.29, 1.82) is 0 Å². The molecule has 0 bridgehead atoms. The highest BCUT2D eigenvalue weighted by Crippen LogP contribution is 2.36. The van der Waals surface area contributed by atoms with Gasteiger partial charge in [-0.3, -0.25) is 0 Å². The van der Waals surface area contributed by atoms with E-state index in [1.165, 1.54) is 0 Å². The van der Waals surface area contributed by atoms with Gasteiger partial charge in [-0.25, -0.2) is 4.98 Å². The fourth-order valence-corrected chi connectivity index (χ4v) is 3.21. The number of hydrogen-bond acceptors (Lipinski definition) is 4. The van der Waals surface area contributed by atoms with E-state index in [0.29, 0.717) is 4.83 Å². The Balaban J connectivity index is 2.06. The quantitative estimate of drug-likeness (QED) is 0.792. The molecule has 0 spiro atoms. The molecule has 1 aromatic heterocycles. The van der Waals surface area contributed by atoms with Crippen LogP contribution in [0.2, 0.25) is 0 Å². The molecule has 2 heterocycles. The van der Waals surface area contributed by atoms with Gasteiger partial charge in [0, 0.05) is 29.5 Å². The molecule has 1 aliphatic heterocycles. The first kappa shape index (κ1) is 14.4. The third-order valence-electron chi connectivity index (χ3n) is 3.97. The summed E-state index contributed by atoms with van der Waals surface area (Å²) in [5.41, 5.74) is 0. The van der Waals surface area contributed by atoms with Crippen LogP contribution in [-0.2, 0) is 0 Å². The van der Waals surface area contributed by atoms with Gasteiger partial charge in [-0.1, -0.05) is 15.9 Å². The van der Waals surface area contributed by atoms with Crippen LogP contribution in [0.15, 0.2) is 24.4 Å². The fraction of sp³-hybridized carbons (Fsp3) is 0.438. The number of nitrogens with zero attached hydrogens (tertiary/aromatic N) is 2. The molecule has 112 valence electrons. The summed E-state index contributed by atoms with van der Waals surface area (Å²) in [7, 11) is 3.32. The third-order valence-corrected chi connectivity index (χ3v) is 4.89. The van der Waals surface area contributed by atoms with Gasteiger partial charge in [0.15, 0.2) is 11.5 Å². The van der Waals surface area contributed by atoms with E-state index in [2.05, 4.69) is 25.8 Å². The molecule has 1 saturated heterocycles. The number of methoxy groups -OCH3 is 2. The molecule has 3 rings (SSSR count). The van der Waals surface area contributed by atoms with E-state index in [1.54, 1.807) is 14.2 Å². The van der Waals surface area contributed by atoms with Gasteiger partial charge in [-0.05, 0) is 36.4 Å². The Kier molecular flexibility index (Phi) is 4.19. The van der Waals surface area contributed by atoms with Gasteiger partial charge in [0.05, 0.1) is 14.2 Å². The van der Waals surface area contributed by atoms with Crippen LogP contribution in [-0.4, -0.2) is 37.1 Å². The van der Waals surface area contributed by atoms with E-state index < -0.39 is 0 Å². The van der Waals surface area contributed by atoms with Crippen LogP contribution in [0, 0.1) is 0 Å². The minimum absolute atomic E-state index is 0.623. The Morgan fingerprint density at radius 3 is 2.48 bits per heavy atom. The van der Waals surface area contributed by atoms with Crippen LogP contribution in [0.25, 0.3) is 10.8 Å². The third kappa shape index (κ3) is 2.79. The van der Waals surface area contributed by atoms with Gasteiger partial charge in [0.25, 0.3) is 0 Å². The highest BCUT2D eigenvalue weighted by atomic mass is 79.9. The van der Waals surface area contributed by atoms with Crippen molar-refractivity contribution in [2.24, 2.45) is 0 Å². The minimum Gasteiger partial charge on any atom is -0.493 e. The highest BCUT2D eigenvalue weighted by molar-refractivity contribution is 9.09. The van der Waals surface area contributed by atoms with Gasteiger partial charge in [0.2, 0.25) is 0 Å². The van der Waals surface area contributed by atoms with Crippen LogP contribution in [0.3, 0.4) is 0 Å². The lowest BCUT2D eigenvalue weighted by atomic mass is 10.1. The average Bonchev–Trinajstić information content (AvgIpc) is 2.53. The van der Waals surface area contributed by atoms with E-state index >= 15 is 0 Å². The summed E-state index contributed by atoms with van der Waals surface area (Å²) in [6.07, 6.45) is 4.15. The lowest BCUT2D eigenvalue weighted by molar-refractivity contribution is 0.356. The molecule has 21 heavy (non-hydrogen) atoms.